The van der Waals surface area contributed by atoms with Gasteiger partial charge in [-0.2, -0.15) is 12.6 Å². The van der Waals surface area contributed by atoms with Gasteiger partial charge in [-0.15, -0.1) is 0 Å². The van der Waals surface area contributed by atoms with Gasteiger partial charge in [-0.25, -0.2) is 0 Å². The molecule has 0 fully saturated rings. The lowest BCUT2D eigenvalue weighted by atomic mass is 9.84. The van der Waals surface area contributed by atoms with Crippen LogP contribution in [0.1, 0.15) is 46.5 Å². The van der Waals surface area contributed by atoms with Crippen LogP contribution in [0.15, 0.2) is 0 Å². The summed E-state index contributed by atoms with van der Waals surface area (Å²) < 4.78 is 5.20. The van der Waals surface area contributed by atoms with E-state index in [9.17, 15) is 4.79 Å². The Balaban J connectivity index is 3.87. The summed E-state index contributed by atoms with van der Waals surface area (Å²) in [6.07, 6.45) is 3.70. The van der Waals surface area contributed by atoms with E-state index in [1.807, 2.05) is 0 Å². The standard InChI is InChI=1S/C11H22O2S/c1-4-7-11(3,5-2)9-13-10(12)6-8-14/h14H,4-9H2,1-3H3. The number of carbonyl (C=O) groups is 1. The van der Waals surface area contributed by atoms with Gasteiger partial charge < -0.3 is 4.74 Å². The summed E-state index contributed by atoms with van der Waals surface area (Å²) in [5, 5.41) is 0. The molecule has 0 radical (unpaired) electrons. The van der Waals surface area contributed by atoms with Gasteiger partial charge in [0.1, 0.15) is 0 Å². The van der Waals surface area contributed by atoms with E-state index in [0.29, 0.717) is 18.8 Å². The molecule has 0 spiro atoms. The van der Waals surface area contributed by atoms with Crippen molar-refractivity contribution in [2.75, 3.05) is 12.4 Å². The van der Waals surface area contributed by atoms with E-state index < -0.39 is 0 Å². The van der Waals surface area contributed by atoms with E-state index in [1.165, 1.54) is 0 Å². The van der Waals surface area contributed by atoms with Crippen LogP contribution in [0.2, 0.25) is 0 Å². The van der Waals surface area contributed by atoms with Crippen LogP contribution < -0.4 is 0 Å². The number of thiol groups is 1. The van der Waals surface area contributed by atoms with Gasteiger partial charge in [-0.05, 0) is 12.8 Å². The summed E-state index contributed by atoms with van der Waals surface area (Å²) in [5.41, 5.74) is 0.154. The van der Waals surface area contributed by atoms with Crippen molar-refractivity contribution < 1.29 is 9.53 Å². The topological polar surface area (TPSA) is 26.3 Å². The molecule has 14 heavy (non-hydrogen) atoms. The summed E-state index contributed by atoms with van der Waals surface area (Å²) in [6, 6.07) is 0. The summed E-state index contributed by atoms with van der Waals surface area (Å²) >= 11 is 3.99. The highest BCUT2D eigenvalue weighted by Crippen LogP contribution is 2.27. The van der Waals surface area contributed by atoms with Crippen LogP contribution in [0.5, 0.6) is 0 Å². The highest BCUT2D eigenvalue weighted by molar-refractivity contribution is 7.80. The van der Waals surface area contributed by atoms with Crippen molar-refractivity contribution in [1.82, 2.24) is 0 Å². The minimum absolute atomic E-state index is 0.129. The molecule has 0 aliphatic heterocycles. The van der Waals surface area contributed by atoms with Crippen LogP contribution in [-0.4, -0.2) is 18.3 Å². The molecule has 0 rings (SSSR count). The zero-order valence-electron chi connectivity index (χ0n) is 9.51. The number of carbonyl (C=O) groups excluding carboxylic acids is 1. The van der Waals surface area contributed by atoms with Gasteiger partial charge in [0.15, 0.2) is 0 Å². The van der Waals surface area contributed by atoms with Gasteiger partial charge in [0.2, 0.25) is 0 Å². The molecule has 84 valence electrons. The van der Waals surface area contributed by atoms with Gasteiger partial charge >= 0.3 is 5.97 Å². The van der Waals surface area contributed by atoms with Crippen LogP contribution in [0.25, 0.3) is 0 Å². The SMILES string of the molecule is CCCC(C)(CC)COC(=O)CCS. The molecule has 0 saturated carbocycles. The first kappa shape index (κ1) is 13.8. The highest BCUT2D eigenvalue weighted by atomic mass is 32.1. The number of hydrogen-bond acceptors (Lipinski definition) is 3. The molecular weight excluding hydrogens is 196 g/mol. The molecule has 0 bridgehead atoms. The van der Waals surface area contributed by atoms with Crippen LogP contribution >= 0.6 is 12.6 Å². The second kappa shape index (κ2) is 7.16. The monoisotopic (exact) mass is 218 g/mol. The van der Waals surface area contributed by atoms with Crippen molar-refractivity contribution in [3.8, 4) is 0 Å². The maximum Gasteiger partial charge on any atom is 0.306 e. The summed E-state index contributed by atoms with van der Waals surface area (Å²) in [4.78, 5) is 11.1. The zero-order chi connectivity index (χ0) is 11.0. The first-order valence-corrected chi connectivity index (χ1v) is 5.97. The Morgan fingerprint density at radius 2 is 2.07 bits per heavy atom. The fraction of sp³-hybridized carbons (Fsp3) is 0.909. The average molecular weight is 218 g/mol. The maximum atomic E-state index is 11.1. The molecule has 3 heteroatoms. The number of esters is 1. The van der Waals surface area contributed by atoms with Crippen LogP contribution in [-0.2, 0) is 9.53 Å². The molecule has 0 aromatic rings. The fourth-order valence-corrected chi connectivity index (χ4v) is 1.56. The molecule has 0 saturated heterocycles. The molecule has 0 aliphatic rings. The lowest BCUT2D eigenvalue weighted by Crippen LogP contribution is -2.24. The van der Waals surface area contributed by atoms with Gasteiger partial charge in [0.25, 0.3) is 0 Å². The Kier molecular flexibility index (Phi) is 7.06. The number of rotatable bonds is 7. The molecule has 0 aliphatic carbocycles. The van der Waals surface area contributed by atoms with E-state index >= 15 is 0 Å². The molecule has 1 unspecified atom stereocenters. The molecule has 0 aromatic heterocycles. The van der Waals surface area contributed by atoms with E-state index in [-0.39, 0.29) is 11.4 Å². The van der Waals surface area contributed by atoms with E-state index in [4.69, 9.17) is 4.74 Å². The summed E-state index contributed by atoms with van der Waals surface area (Å²) in [6.45, 7) is 7.01. The second-order valence-corrected chi connectivity index (χ2v) is 4.50. The van der Waals surface area contributed by atoms with Crippen molar-refractivity contribution >= 4 is 18.6 Å². The molecule has 2 nitrogen and oxygen atoms in total. The van der Waals surface area contributed by atoms with E-state index in [1.54, 1.807) is 0 Å². The van der Waals surface area contributed by atoms with Crippen LogP contribution in [0.3, 0.4) is 0 Å². The lowest BCUT2D eigenvalue weighted by Gasteiger charge is -2.27. The number of hydrogen-bond donors (Lipinski definition) is 1. The molecular formula is C11H22O2S. The Morgan fingerprint density at radius 3 is 2.50 bits per heavy atom. The van der Waals surface area contributed by atoms with Crippen molar-refractivity contribution in [2.24, 2.45) is 5.41 Å². The average Bonchev–Trinajstić information content (AvgIpc) is 2.16. The Bertz CT molecular complexity index is 171. The third kappa shape index (κ3) is 5.53. The van der Waals surface area contributed by atoms with Crippen LogP contribution in [0, 0.1) is 5.41 Å². The first-order valence-electron chi connectivity index (χ1n) is 5.34. The smallest absolute Gasteiger partial charge is 0.306 e. The molecule has 0 N–H and O–H groups in total. The molecule has 0 heterocycles. The lowest BCUT2D eigenvalue weighted by molar-refractivity contribution is -0.146. The van der Waals surface area contributed by atoms with Gasteiger partial charge in [0, 0.05) is 11.2 Å². The van der Waals surface area contributed by atoms with E-state index in [2.05, 4.69) is 33.4 Å². The van der Waals surface area contributed by atoms with E-state index in [0.717, 1.165) is 19.3 Å². The van der Waals surface area contributed by atoms with Crippen molar-refractivity contribution in [2.45, 2.75) is 46.5 Å². The number of ether oxygens (including phenoxy) is 1. The molecule has 0 amide bonds. The zero-order valence-corrected chi connectivity index (χ0v) is 10.4. The third-order valence-electron chi connectivity index (χ3n) is 2.60. The predicted octanol–water partition coefficient (Wildman–Crippen LogP) is 3.07. The van der Waals surface area contributed by atoms with Gasteiger partial charge in [-0.3, -0.25) is 4.79 Å². The van der Waals surface area contributed by atoms with Crippen molar-refractivity contribution in [3.05, 3.63) is 0 Å². The summed E-state index contributed by atoms with van der Waals surface area (Å²) in [5.74, 6) is 0.436. The Morgan fingerprint density at radius 1 is 1.43 bits per heavy atom. The minimum atomic E-state index is -0.129. The summed E-state index contributed by atoms with van der Waals surface area (Å²) in [7, 11) is 0. The highest BCUT2D eigenvalue weighted by Gasteiger charge is 2.22. The van der Waals surface area contributed by atoms with Gasteiger partial charge in [-0.1, -0.05) is 27.2 Å². The second-order valence-electron chi connectivity index (χ2n) is 4.05. The van der Waals surface area contributed by atoms with Crippen LogP contribution in [0.4, 0.5) is 0 Å². The maximum absolute atomic E-state index is 11.1. The Labute approximate surface area is 92.8 Å². The Hall–Kier alpha value is -0.180. The fourth-order valence-electron chi connectivity index (χ4n) is 1.37. The quantitative estimate of drug-likeness (QED) is 0.525. The third-order valence-corrected chi connectivity index (χ3v) is 2.83. The largest absolute Gasteiger partial charge is 0.465 e. The van der Waals surface area contributed by atoms with Crippen molar-refractivity contribution in [1.29, 1.82) is 0 Å². The predicted molar refractivity (Wildman–Crippen MR) is 62.7 cm³/mol. The molecule has 1 atom stereocenters. The molecule has 0 aromatic carbocycles. The van der Waals surface area contributed by atoms with Crippen molar-refractivity contribution in [3.63, 3.8) is 0 Å². The normalized spacial score (nSPS) is 14.9. The first-order chi connectivity index (χ1) is 6.58. The minimum Gasteiger partial charge on any atom is -0.465 e. The van der Waals surface area contributed by atoms with Gasteiger partial charge in [0.05, 0.1) is 13.0 Å².